The van der Waals surface area contributed by atoms with E-state index in [1.165, 1.54) is 12.1 Å². The molecule has 1 amide bonds. The molecule has 3 aromatic rings. The number of carbonyl (C=O) groups excluding carboxylic acids is 1. The van der Waals surface area contributed by atoms with Gasteiger partial charge in [-0.3, -0.25) is 19.8 Å². The fraction of sp³-hybridized carbons (Fsp3) is 0.0500. The average Bonchev–Trinajstić information content (AvgIpc) is 2.68. The summed E-state index contributed by atoms with van der Waals surface area (Å²) in [7, 11) is 0. The number of nitrogens with one attached hydrogen (secondary N) is 1. The molecule has 0 fully saturated rings. The molecular formula is C20H15N3O3. The number of nitro benzene ring substituents is 1. The summed E-state index contributed by atoms with van der Waals surface area (Å²) >= 11 is 0. The first kappa shape index (κ1) is 15.8. The van der Waals surface area contributed by atoms with Crippen LogP contribution < -0.4 is 10.2 Å². The minimum Gasteiger partial charge on any atom is -0.360 e. The molecule has 0 aromatic heterocycles. The average molecular weight is 345 g/mol. The third-order valence-corrected chi connectivity index (χ3v) is 4.38. The molecule has 1 aliphatic heterocycles. The van der Waals surface area contributed by atoms with Gasteiger partial charge in [0.2, 0.25) is 0 Å². The molecule has 3 aromatic carbocycles. The van der Waals surface area contributed by atoms with Gasteiger partial charge >= 0.3 is 0 Å². The first-order chi connectivity index (χ1) is 12.6. The van der Waals surface area contributed by atoms with Crippen molar-refractivity contribution in [3.8, 4) is 0 Å². The van der Waals surface area contributed by atoms with E-state index in [2.05, 4.69) is 5.32 Å². The van der Waals surface area contributed by atoms with Gasteiger partial charge in [-0.05, 0) is 42.0 Å². The minimum atomic E-state index is -0.458. The molecule has 128 valence electrons. The molecular weight excluding hydrogens is 330 g/mol. The zero-order chi connectivity index (χ0) is 18.1. The number of hydrogen-bond donors (Lipinski definition) is 1. The Labute approximate surface area is 149 Å². The van der Waals surface area contributed by atoms with Crippen LogP contribution in [0.3, 0.4) is 0 Å². The molecule has 1 unspecified atom stereocenters. The third-order valence-electron chi connectivity index (χ3n) is 4.38. The fourth-order valence-electron chi connectivity index (χ4n) is 3.12. The van der Waals surface area contributed by atoms with Crippen LogP contribution in [0.4, 0.5) is 17.1 Å². The third kappa shape index (κ3) is 2.67. The number of nitro groups is 1. The number of fused-ring (bicyclic) bond motifs is 1. The van der Waals surface area contributed by atoms with Gasteiger partial charge in [0.05, 0.1) is 10.5 Å². The molecule has 26 heavy (non-hydrogen) atoms. The highest BCUT2D eigenvalue weighted by Gasteiger charge is 2.34. The van der Waals surface area contributed by atoms with Gasteiger partial charge in [-0.25, -0.2) is 0 Å². The number of hydrogen-bond acceptors (Lipinski definition) is 4. The SMILES string of the molecule is O=C1c2ccccc2NC(c2ccc([N+](=O)[O-])cc2)N1c1ccccc1. The summed E-state index contributed by atoms with van der Waals surface area (Å²) < 4.78 is 0. The number of para-hydroxylation sites is 2. The lowest BCUT2D eigenvalue weighted by Gasteiger charge is -2.38. The van der Waals surface area contributed by atoms with Crippen LogP contribution in [0.5, 0.6) is 0 Å². The minimum absolute atomic E-state index is 0.0162. The maximum atomic E-state index is 13.2. The Morgan fingerprint density at radius 3 is 2.23 bits per heavy atom. The van der Waals surface area contributed by atoms with Crippen LogP contribution in [0, 0.1) is 10.1 Å². The van der Waals surface area contributed by atoms with Crippen LogP contribution in [0.15, 0.2) is 78.9 Å². The lowest BCUT2D eigenvalue weighted by atomic mass is 10.0. The number of benzene rings is 3. The van der Waals surface area contributed by atoms with Gasteiger partial charge in [-0.15, -0.1) is 0 Å². The molecule has 0 radical (unpaired) electrons. The van der Waals surface area contributed by atoms with Crippen molar-refractivity contribution in [2.75, 3.05) is 10.2 Å². The molecule has 0 bridgehead atoms. The predicted molar refractivity (Wildman–Crippen MR) is 99.2 cm³/mol. The van der Waals surface area contributed by atoms with Crippen LogP contribution in [0.25, 0.3) is 0 Å². The van der Waals surface area contributed by atoms with E-state index in [1.54, 1.807) is 23.1 Å². The summed E-state index contributed by atoms with van der Waals surface area (Å²) in [6.45, 7) is 0. The van der Waals surface area contributed by atoms with Gasteiger partial charge in [-0.1, -0.05) is 30.3 Å². The van der Waals surface area contributed by atoms with E-state index >= 15 is 0 Å². The van der Waals surface area contributed by atoms with Crippen LogP contribution in [0.2, 0.25) is 0 Å². The van der Waals surface area contributed by atoms with Crippen molar-refractivity contribution >= 4 is 23.0 Å². The smallest absolute Gasteiger partial charge is 0.269 e. The van der Waals surface area contributed by atoms with Gasteiger partial charge in [0.25, 0.3) is 11.6 Å². The highest BCUT2D eigenvalue weighted by atomic mass is 16.6. The summed E-state index contributed by atoms with van der Waals surface area (Å²) in [5.41, 5.74) is 2.87. The van der Waals surface area contributed by atoms with Gasteiger partial charge in [0.1, 0.15) is 6.17 Å². The second-order valence-corrected chi connectivity index (χ2v) is 5.95. The Bertz CT molecular complexity index is 971. The second-order valence-electron chi connectivity index (χ2n) is 5.95. The first-order valence-corrected chi connectivity index (χ1v) is 8.14. The van der Waals surface area contributed by atoms with Crippen molar-refractivity contribution in [2.45, 2.75) is 6.17 Å². The van der Waals surface area contributed by atoms with Gasteiger partial charge < -0.3 is 5.32 Å². The maximum absolute atomic E-state index is 13.2. The maximum Gasteiger partial charge on any atom is 0.269 e. The molecule has 4 rings (SSSR count). The Balaban J connectivity index is 1.82. The zero-order valence-electron chi connectivity index (χ0n) is 13.7. The highest BCUT2D eigenvalue weighted by molar-refractivity contribution is 6.12. The Morgan fingerprint density at radius 1 is 0.885 bits per heavy atom. The van der Waals surface area contributed by atoms with Crippen LogP contribution in [-0.2, 0) is 0 Å². The van der Waals surface area contributed by atoms with Crippen molar-refractivity contribution < 1.29 is 9.72 Å². The predicted octanol–water partition coefficient (Wildman–Crippen LogP) is 4.37. The molecule has 1 atom stereocenters. The largest absolute Gasteiger partial charge is 0.360 e. The van der Waals surface area contributed by atoms with Gasteiger partial charge in [0.15, 0.2) is 0 Å². The van der Waals surface area contributed by atoms with Gasteiger partial charge in [-0.2, -0.15) is 0 Å². The van der Waals surface area contributed by atoms with E-state index in [0.29, 0.717) is 5.56 Å². The molecule has 0 saturated heterocycles. The quantitative estimate of drug-likeness (QED) is 0.565. The topological polar surface area (TPSA) is 75.5 Å². The van der Waals surface area contributed by atoms with Crippen LogP contribution in [0.1, 0.15) is 22.1 Å². The Kier molecular flexibility index (Phi) is 3.85. The van der Waals surface area contributed by atoms with E-state index in [9.17, 15) is 14.9 Å². The monoisotopic (exact) mass is 345 g/mol. The number of non-ortho nitro benzene ring substituents is 1. The summed E-state index contributed by atoms with van der Waals surface area (Å²) in [4.78, 5) is 25.3. The molecule has 1 N–H and O–H groups in total. The number of carbonyl (C=O) groups is 1. The van der Waals surface area contributed by atoms with E-state index in [-0.39, 0.29) is 11.6 Å². The number of anilines is 2. The van der Waals surface area contributed by atoms with Crippen molar-refractivity contribution in [2.24, 2.45) is 0 Å². The lowest BCUT2D eigenvalue weighted by molar-refractivity contribution is -0.384. The summed E-state index contributed by atoms with van der Waals surface area (Å²) in [6, 6.07) is 22.9. The van der Waals surface area contributed by atoms with E-state index in [1.807, 2.05) is 48.5 Å². The van der Waals surface area contributed by atoms with Gasteiger partial charge in [0, 0.05) is 23.5 Å². The molecule has 0 aliphatic carbocycles. The summed E-state index contributed by atoms with van der Waals surface area (Å²) in [5.74, 6) is -0.117. The van der Waals surface area contributed by atoms with Crippen molar-refractivity contribution in [3.05, 3.63) is 100 Å². The zero-order valence-corrected chi connectivity index (χ0v) is 13.7. The summed E-state index contributed by atoms with van der Waals surface area (Å²) in [5, 5.41) is 14.3. The van der Waals surface area contributed by atoms with Crippen LogP contribution in [-0.4, -0.2) is 10.8 Å². The second kappa shape index (κ2) is 6.33. The lowest BCUT2D eigenvalue weighted by Crippen LogP contribution is -2.43. The summed E-state index contributed by atoms with van der Waals surface area (Å²) in [6.07, 6.45) is -0.458. The fourth-order valence-corrected chi connectivity index (χ4v) is 3.12. The highest BCUT2D eigenvalue weighted by Crippen LogP contribution is 2.36. The van der Waals surface area contributed by atoms with Crippen molar-refractivity contribution in [1.29, 1.82) is 0 Å². The van der Waals surface area contributed by atoms with Crippen molar-refractivity contribution in [3.63, 3.8) is 0 Å². The van der Waals surface area contributed by atoms with E-state index in [0.717, 1.165) is 16.9 Å². The standard InChI is InChI=1S/C20H15N3O3/c24-20-17-8-4-5-9-18(17)21-19(22(20)15-6-2-1-3-7-15)14-10-12-16(13-11-14)23(25)26/h1-13,19,21H. The molecule has 6 nitrogen and oxygen atoms in total. The van der Waals surface area contributed by atoms with Crippen molar-refractivity contribution in [1.82, 2.24) is 0 Å². The first-order valence-electron chi connectivity index (χ1n) is 8.14. The number of rotatable bonds is 3. The molecule has 1 heterocycles. The molecule has 0 spiro atoms. The van der Waals surface area contributed by atoms with E-state index in [4.69, 9.17) is 0 Å². The Morgan fingerprint density at radius 2 is 1.54 bits per heavy atom. The number of amides is 1. The molecule has 0 saturated carbocycles. The Hall–Kier alpha value is -3.67. The molecule has 1 aliphatic rings. The van der Waals surface area contributed by atoms with E-state index < -0.39 is 11.1 Å². The number of nitrogens with zero attached hydrogens (tertiary/aromatic N) is 2. The molecule has 6 heteroatoms. The van der Waals surface area contributed by atoms with Crippen LogP contribution >= 0.6 is 0 Å². The normalized spacial score (nSPS) is 15.9.